The molecule has 0 saturated carbocycles. The molecule has 0 aliphatic rings. The van der Waals surface area contributed by atoms with Gasteiger partial charge in [-0.15, -0.1) is 0 Å². The van der Waals surface area contributed by atoms with Crippen molar-refractivity contribution < 1.29 is 5.11 Å². The number of benzene rings is 1. The minimum absolute atomic E-state index is 0.388. The molecule has 0 aliphatic heterocycles. The summed E-state index contributed by atoms with van der Waals surface area (Å²) in [4.78, 5) is 0. The summed E-state index contributed by atoms with van der Waals surface area (Å²) in [5.74, 6) is 0. The van der Waals surface area contributed by atoms with Gasteiger partial charge in [0.1, 0.15) is 6.23 Å². The van der Waals surface area contributed by atoms with E-state index < -0.39 is 0 Å². The lowest BCUT2D eigenvalue weighted by Crippen LogP contribution is -2.24. The van der Waals surface area contributed by atoms with Crippen LogP contribution in [-0.4, -0.2) is 18.4 Å². The van der Waals surface area contributed by atoms with E-state index in [-0.39, 0.29) is 6.23 Å². The van der Waals surface area contributed by atoms with Crippen LogP contribution in [0.25, 0.3) is 0 Å². The third-order valence-electron chi connectivity index (χ3n) is 2.16. The average Bonchev–Trinajstić information content (AvgIpc) is 2.16. The Morgan fingerprint density at radius 3 is 2.46 bits per heavy atom. The van der Waals surface area contributed by atoms with Gasteiger partial charge in [0.15, 0.2) is 0 Å². The first kappa shape index (κ1) is 10.2. The molecule has 0 amide bonds. The highest BCUT2D eigenvalue weighted by Crippen LogP contribution is 2.06. The predicted octanol–water partition coefficient (Wildman–Crippen LogP) is 1.47. The Balaban J connectivity index is 2.41. The van der Waals surface area contributed by atoms with Crippen molar-refractivity contribution in [3.05, 3.63) is 35.4 Å². The predicted molar refractivity (Wildman–Crippen MR) is 54.6 cm³/mol. The molecule has 2 nitrogen and oxygen atoms in total. The standard InChI is InChI=1S/C11H17NO/c1-9-3-5-10(6-4-9)7-8-11(13)12-2/h3-6,11-13H,7-8H2,1-2H3. The van der Waals surface area contributed by atoms with E-state index >= 15 is 0 Å². The summed E-state index contributed by atoms with van der Waals surface area (Å²) >= 11 is 0. The van der Waals surface area contributed by atoms with Crippen molar-refractivity contribution >= 4 is 0 Å². The van der Waals surface area contributed by atoms with Crippen LogP contribution in [0, 0.1) is 6.92 Å². The Morgan fingerprint density at radius 1 is 1.31 bits per heavy atom. The average molecular weight is 179 g/mol. The van der Waals surface area contributed by atoms with Crippen molar-refractivity contribution in [2.75, 3.05) is 7.05 Å². The van der Waals surface area contributed by atoms with E-state index in [1.165, 1.54) is 11.1 Å². The first-order valence-corrected chi connectivity index (χ1v) is 4.63. The Hall–Kier alpha value is -0.860. The molecule has 13 heavy (non-hydrogen) atoms. The molecule has 1 atom stereocenters. The molecule has 0 aromatic heterocycles. The highest BCUT2D eigenvalue weighted by atomic mass is 16.3. The first-order valence-electron chi connectivity index (χ1n) is 4.63. The summed E-state index contributed by atoms with van der Waals surface area (Å²) in [7, 11) is 1.76. The SMILES string of the molecule is CNC(O)CCc1ccc(C)cc1. The maximum atomic E-state index is 9.26. The third-order valence-corrected chi connectivity index (χ3v) is 2.16. The van der Waals surface area contributed by atoms with Gasteiger partial charge in [-0.1, -0.05) is 29.8 Å². The molecular weight excluding hydrogens is 162 g/mol. The van der Waals surface area contributed by atoms with Gasteiger partial charge in [-0.05, 0) is 32.4 Å². The van der Waals surface area contributed by atoms with Crippen LogP contribution in [0.15, 0.2) is 24.3 Å². The van der Waals surface area contributed by atoms with E-state index in [1.807, 2.05) is 0 Å². The highest BCUT2D eigenvalue weighted by Gasteiger charge is 1.99. The second-order valence-corrected chi connectivity index (χ2v) is 3.33. The van der Waals surface area contributed by atoms with Gasteiger partial charge in [-0.3, -0.25) is 5.32 Å². The molecule has 1 aromatic rings. The second-order valence-electron chi connectivity index (χ2n) is 3.33. The molecule has 0 spiro atoms. The zero-order valence-corrected chi connectivity index (χ0v) is 8.25. The van der Waals surface area contributed by atoms with Crippen molar-refractivity contribution in [1.29, 1.82) is 0 Å². The maximum absolute atomic E-state index is 9.26. The molecule has 0 radical (unpaired) electrons. The molecule has 0 aliphatic carbocycles. The molecule has 1 aromatic carbocycles. The van der Waals surface area contributed by atoms with Gasteiger partial charge in [0.2, 0.25) is 0 Å². The van der Waals surface area contributed by atoms with Crippen LogP contribution in [0.3, 0.4) is 0 Å². The number of hydrogen-bond acceptors (Lipinski definition) is 2. The number of hydrogen-bond donors (Lipinski definition) is 2. The number of rotatable bonds is 4. The molecule has 1 rings (SSSR count). The summed E-state index contributed by atoms with van der Waals surface area (Å²) in [6.45, 7) is 2.08. The van der Waals surface area contributed by atoms with E-state index in [0.29, 0.717) is 0 Å². The van der Waals surface area contributed by atoms with Crippen LogP contribution in [0.4, 0.5) is 0 Å². The van der Waals surface area contributed by atoms with Gasteiger partial charge in [-0.2, -0.15) is 0 Å². The summed E-state index contributed by atoms with van der Waals surface area (Å²) in [6.07, 6.45) is 1.29. The van der Waals surface area contributed by atoms with E-state index in [1.54, 1.807) is 7.05 Å². The van der Waals surface area contributed by atoms with Crippen molar-refractivity contribution in [2.45, 2.75) is 26.0 Å². The fourth-order valence-electron chi connectivity index (χ4n) is 1.20. The fourth-order valence-corrected chi connectivity index (χ4v) is 1.20. The van der Waals surface area contributed by atoms with Crippen LogP contribution in [0.2, 0.25) is 0 Å². The van der Waals surface area contributed by atoms with E-state index in [4.69, 9.17) is 0 Å². The lowest BCUT2D eigenvalue weighted by atomic mass is 10.1. The Kier molecular flexibility index (Phi) is 3.93. The minimum atomic E-state index is -0.388. The lowest BCUT2D eigenvalue weighted by Gasteiger charge is -2.08. The number of aliphatic hydroxyl groups is 1. The summed E-state index contributed by atoms with van der Waals surface area (Å²) in [6, 6.07) is 8.41. The van der Waals surface area contributed by atoms with Gasteiger partial charge in [0.25, 0.3) is 0 Å². The second kappa shape index (κ2) is 5.00. The monoisotopic (exact) mass is 179 g/mol. The Labute approximate surface area is 79.6 Å². The van der Waals surface area contributed by atoms with Crippen LogP contribution in [-0.2, 0) is 6.42 Å². The summed E-state index contributed by atoms with van der Waals surface area (Å²) in [5, 5.41) is 12.1. The number of nitrogens with one attached hydrogen (secondary N) is 1. The number of aliphatic hydroxyl groups excluding tert-OH is 1. The molecule has 2 heteroatoms. The topological polar surface area (TPSA) is 32.3 Å². The molecule has 72 valence electrons. The van der Waals surface area contributed by atoms with Crippen molar-refractivity contribution in [2.24, 2.45) is 0 Å². The van der Waals surface area contributed by atoms with Crippen molar-refractivity contribution in [3.8, 4) is 0 Å². The zero-order valence-electron chi connectivity index (χ0n) is 8.25. The zero-order chi connectivity index (χ0) is 9.68. The summed E-state index contributed by atoms with van der Waals surface area (Å²) in [5.41, 5.74) is 2.55. The van der Waals surface area contributed by atoms with Crippen LogP contribution in [0.5, 0.6) is 0 Å². The van der Waals surface area contributed by atoms with Gasteiger partial charge in [0, 0.05) is 0 Å². The summed E-state index contributed by atoms with van der Waals surface area (Å²) < 4.78 is 0. The molecular formula is C11H17NO. The van der Waals surface area contributed by atoms with Crippen LogP contribution in [0.1, 0.15) is 17.5 Å². The fraction of sp³-hybridized carbons (Fsp3) is 0.455. The largest absolute Gasteiger partial charge is 0.379 e. The first-order chi connectivity index (χ1) is 6.22. The smallest absolute Gasteiger partial charge is 0.104 e. The van der Waals surface area contributed by atoms with Crippen molar-refractivity contribution in [1.82, 2.24) is 5.32 Å². The quantitative estimate of drug-likeness (QED) is 0.686. The normalized spacial score (nSPS) is 12.8. The van der Waals surface area contributed by atoms with Crippen LogP contribution < -0.4 is 5.32 Å². The van der Waals surface area contributed by atoms with E-state index in [9.17, 15) is 5.11 Å². The highest BCUT2D eigenvalue weighted by molar-refractivity contribution is 5.21. The Bertz CT molecular complexity index is 243. The third kappa shape index (κ3) is 3.57. The molecule has 0 bridgehead atoms. The van der Waals surface area contributed by atoms with Gasteiger partial charge < -0.3 is 5.11 Å². The molecule has 0 heterocycles. The van der Waals surface area contributed by atoms with Crippen LogP contribution >= 0.6 is 0 Å². The van der Waals surface area contributed by atoms with Gasteiger partial charge >= 0.3 is 0 Å². The Morgan fingerprint density at radius 2 is 1.92 bits per heavy atom. The number of aryl methyl sites for hydroxylation is 2. The maximum Gasteiger partial charge on any atom is 0.104 e. The lowest BCUT2D eigenvalue weighted by molar-refractivity contribution is 0.137. The molecule has 0 fully saturated rings. The van der Waals surface area contributed by atoms with E-state index in [2.05, 4.69) is 36.5 Å². The minimum Gasteiger partial charge on any atom is -0.379 e. The van der Waals surface area contributed by atoms with Crippen molar-refractivity contribution in [3.63, 3.8) is 0 Å². The molecule has 1 unspecified atom stereocenters. The van der Waals surface area contributed by atoms with E-state index in [0.717, 1.165) is 12.8 Å². The van der Waals surface area contributed by atoms with Gasteiger partial charge in [0.05, 0.1) is 0 Å². The molecule has 0 saturated heterocycles. The molecule has 2 N–H and O–H groups in total. The van der Waals surface area contributed by atoms with Gasteiger partial charge in [-0.25, -0.2) is 0 Å².